The number of amides is 2. The van der Waals surface area contributed by atoms with Crippen LogP contribution in [0, 0.1) is 15.9 Å². The molecule has 0 fully saturated rings. The Balaban J connectivity index is 1.59. The summed E-state index contributed by atoms with van der Waals surface area (Å²) in [6.07, 6.45) is -0.356. The highest BCUT2D eigenvalue weighted by atomic mass is 19.1. The van der Waals surface area contributed by atoms with Crippen LogP contribution in [-0.4, -0.2) is 35.9 Å². The maximum Gasteiger partial charge on any atom is 0.249 e. The molecule has 0 spiro atoms. The summed E-state index contributed by atoms with van der Waals surface area (Å²) in [6.45, 7) is -0.442. The number of hydrogen-bond donors (Lipinski definition) is 2. The molecule has 2 amide bonds. The molecular weight excluding hydrogens is 457 g/mol. The minimum atomic E-state index is -1.06. The number of hydrogen-bond acceptors (Lipinski definition) is 6. The number of nitrogens with zero attached hydrogens (tertiary/aromatic N) is 1. The van der Waals surface area contributed by atoms with Gasteiger partial charge in [0.05, 0.1) is 19.6 Å². The average molecular weight is 481 g/mol. The van der Waals surface area contributed by atoms with Gasteiger partial charge in [0, 0.05) is 10.6 Å². The lowest BCUT2D eigenvalue weighted by Gasteiger charge is -2.18. The van der Waals surface area contributed by atoms with Crippen molar-refractivity contribution in [2.45, 2.75) is 19.1 Å². The highest BCUT2D eigenvalue weighted by Crippen LogP contribution is 2.23. The molecule has 0 aliphatic carbocycles. The van der Waals surface area contributed by atoms with E-state index in [-0.39, 0.29) is 25.5 Å². The maximum atomic E-state index is 13.0. The summed E-state index contributed by atoms with van der Waals surface area (Å²) in [5.74, 6) is -0.613. The van der Waals surface area contributed by atoms with E-state index >= 15 is 0 Å². The number of nitrogens with one attached hydrogen (secondary N) is 2. The minimum absolute atomic E-state index is 0.128. The summed E-state index contributed by atoms with van der Waals surface area (Å²) in [4.78, 5) is 34.9. The van der Waals surface area contributed by atoms with Crippen LogP contribution in [0.4, 0.5) is 10.1 Å². The maximum absolute atomic E-state index is 13.0. The second kappa shape index (κ2) is 12.8. The molecule has 0 heterocycles. The zero-order valence-electron chi connectivity index (χ0n) is 18.7. The van der Waals surface area contributed by atoms with Crippen LogP contribution in [0.25, 0.3) is 0 Å². The Morgan fingerprint density at radius 1 is 0.943 bits per heavy atom. The standard InChI is InChI=1S/C25H24FN3O6/c26-19-6-10-21(11-7-19)35-22-12-8-20(9-13-22)27-25(31)23(28-24(30)14-15-29(32)33)17-34-16-18-4-2-1-3-5-18/h1-13,23H,14-17H2,(H,27,31)(H,28,30)/t23-/m0/s1. The normalized spacial score (nSPS) is 11.3. The fourth-order valence-corrected chi connectivity index (χ4v) is 2.99. The number of benzene rings is 3. The molecule has 0 aliphatic heterocycles. The summed E-state index contributed by atoms with van der Waals surface area (Å²) in [5, 5.41) is 15.7. The molecule has 0 saturated heterocycles. The molecule has 0 aromatic heterocycles. The Morgan fingerprint density at radius 2 is 1.57 bits per heavy atom. The first-order valence-corrected chi connectivity index (χ1v) is 10.8. The molecular formula is C25H24FN3O6. The Kier molecular flexibility index (Phi) is 9.26. The van der Waals surface area contributed by atoms with E-state index in [1.54, 1.807) is 24.3 Å². The monoisotopic (exact) mass is 481 g/mol. The lowest BCUT2D eigenvalue weighted by atomic mass is 10.2. The first kappa shape index (κ1) is 25.3. The van der Waals surface area contributed by atoms with E-state index < -0.39 is 29.3 Å². The van der Waals surface area contributed by atoms with Crippen molar-refractivity contribution in [3.05, 3.63) is 100 Å². The molecule has 0 bridgehead atoms. The van der Waals surface area contributed by atoms with Gasteiger partial charge in [-0.15, -0.1) is 0 Å². The highest BCUT2D eigenvalue weighted by molar-refractivity contribution is 5.97. The van der Waals surface area contributed by atoms with Gasteiger partial charge in [0.15, 0.2) is 0 Å². The summed E-state index contributed by atoms with van der Waals surface area (Å²) in [7, 11) is 0. The van der Waals surface area contributed by atoms with Crippen LogP contribution in [0.5, 0.6) is 11.5 Å². The molecule has 35 heavy (non-hydrogen) atoms. The molecule has 1 atom stereocenters. The number of carbonyl (C=O) groups excluding carboxylic acids is 2. The largest absolute Gasteiger partial charge is 0.457 e. The molecule has 0 aliphatic rings. The van der Waals surface area contributed by atoms with Crippen molar-refractivity contribution in [1.29, 1.82) is 0 Å². The lowest BCUT2D eigenvalue weighted by molar-refractivity contribution is -0.478. The minimum Gasteiger partial charge on any atom is -0.457 e. The van der Waals surface area contributed by atoms with E-state index in [0.717, 1.165) is 5.56 Å². The van der Waals surface area contributed by atoms with E-state index in [4.69, 9.17) is 9.47 Å². The number of anilines is 1. The smallest absolute Gasteiger partial charge is 0.249 e. The van der Waals surface area contributed by atoms with E-state index in [9.17, 15) is 24.1 Å². The van der Waals surface area contributed by atoms with Crippen LogP contribution < -0.4 is 15.4 Å². The molecule has 182 valence electrons. The van der Waals surface area contributed by atoms with E-state index in [0.29, 0.717) is 17.2 Å². The molecule has 0 radical (unpaired) electrons. The van der Waals surface area contributed by atoms with Crippen LogP contribution in [0.3, 0.4) is 0 Å². The van der Waals surface area contributed by atoms with Gasteiger partial charge in [-0.25, -0.2) is 4.39 Å². The van der Waals surface area contributed by atoms with Crippen molar-refractivity contribution >= 4 is 17.5 Å². The molecule has 0 unspecified atom stereocenters. The zero-order valence-corrected chi connectivity index (χ0v) is 18.7. The van der Waals surface area contributed by atoms with Crippen molar-refractivity contribution in [1.82, 2.24) is 5.32 Å². The fraction of sp³-hybridized carbons (Fsp3) is 0.200. The molecule has 0 saturated carbocycles. The van der Waals surface area contributed by atoms with Gasteiger partial charge in [-0.3, -0.25) is 19.7 Å². The highest BCUT2D eigenvalue weighted by Gasteiger charge is 2.22. The third-order valence-electron chi connectivity index (χ3n) is 4.74. The van der Waals surface area contributed by atoms with Crippen LogP contribution >= 0.6 is 0 Å². The Labute approximate surface area is 201 Å². The molecule has 3 aromatic carbocycles. The van der Waals surface area contributed by atoms with Crippen molar-refractivity contribution in [3.8, 4) is 11.5 Å². The summed E-state index contributed by atoms with van der Waals surface area (Å²) < 4.78 is 24.3. The predicted octanol–water partition coefficient (Wildman–Crippen LogP) is 3.92. The van der Waals surface area contributed by atoms with Gasteiger partial charge in [0.1, 0.15) is 23.4 Å². The number of halogens is 1. The van der Waals surface area contributed by atoms with Gasteiger partial charge >= 0.3 is 0 Å². The van der Waals surface area contributed by atoms with Gasteiger partial charge in [-0.2, -0.15) is 0 Å². The topological polar surface area (TPSA) is 120 Å². The average Bonchev–Trinajstić information content (AvgIpc) is 2.85. The number of carbonyl (C=O) groups is 2. The second-order valence-corrected chi connectivity index (χ2v) is 7.50. The summed E-state index contributed by atoms with van der Waals surface area (Å²) in [6, 6.07) is 20.2. The van der Waals surface area contributed by atoms with Gasteiger partial charge in [0.2, 0.25) is 18.4 Å². The number of nitro groups is 1. The van der Waals surface area contributed by atoms with Gasteiger partial charge in [-0.05, 0) is 54.1 Å². The number of rotatable bonds is 12. The van der Waals surface area contributed by atoms with E-state index in [2.05, 4.69) is 10.6 Å². The van der Waals surface area contributed by atoms with Crippen molar-refractivity contribution in [2.24, 2.45) is 0 Å². The Bertz CT molecular complexity index is 1120. The first-order chi connectivity index (χ1) is 16.9. The third kappa shape index (κ3) is 8.86. The van der Waals surface area contributed by atoms with Crippen molar-refractivity contribution in [3.63, 3.8) is 0 Å². The molecule has 3 rings (SSSR count). The van der Waals surface area contributed by atoms with Gasteiger partial charge in [-0.1, -0.05) is 30.3 Å². The predicted molar refractivity (Wildman–Crippen MR) is 126 cm³/mol. The third-order valence-corrected chi connectivity index (χ3v) is 4.74. The van der Waals surface area contributed by atoms with Crippen molar-refractivity contribution < 1.29 is 28.4 Å². The molecule has 3 aromatic rings. The van der Waals surface area contributed by atoms with Crippen LogP contribution in [0.15, 0.2) is 78.9 Å². The first-order valence-electron chi connectivity index (χ1n) is 10.8. The SMILES string of the molecule is O=C(CC[N+](=O)[O-])N[C@@H](COCc1ccccc1)C(=O)Nc1ccc(Oc2ccc(F)cc2)cc1. The molecule has 2 N–H and O–H groups in total. The number of ether oxygens (including phenoxy) is 2. The van der Waals surface area contributed by atoms with Crippen molar-refractivity contribution in [2.75, 3.05) is 18.5 Å². The quantitative estimate of drug-likeness (QED) is 0.299. The van der Waals surface area contributed by atoms with E-state index in [1.165, 1.54) is 24.3 Å². The van der Waals surface area contributed by atoms with Crippen LogP contribution in [0.2, 0.25) is 0 Å². The van der Waals surface area contributed by atoms with Crippen LogP contribution in [-0.2, 0) is 20.9 Å². The van der Waals surface area contributed by atoms with E-state index in [1.807, 2.05) is 30.3 Å². The summed E-state index contributed by atoms with van der Waals surface area (Å²) >= 11 is 0. The molecule has 9 nitrogen and oxygen atoms in total. The Morgan fingerprint density at radius 3 is 2.20 bits per heavy atom. The Hall–Kier alpha value is -4.31. The van der Waals surface area contributed by atoms with Gasteiger partial charge < -0.3 is 20.1 Å². The molecule has 10 heteroatoms. The zero-order chi connectivity index (χ0) is 25.0. The fourth-order valence-electron chi connectivity index (χ4n) is 2.99. The second-order valence-electron chi connectivity index (χ2n) is 7.50. The van der Waals surface area contributed by atoms with Gasteiger partial charge in [0.25, 0.3) is 0 Å². The lowest BCUT2D eigenvalue weighted by Crippen LogP contribution is -2.47. The van der Waals surface area contributed by atoms with Crippen LogP contribution in [0.1, 0.15) is 12.0 Å². The summed E-state index contributed by atoms with van der Waals surface area (Å²) in [5.41, 5.74) is 1.33.